The van der Waals surface area contributed by atoms with Crippen molar-refractivity contribution in [2.45, 2.75) is 44.9 Å². The highest BCUT2D eigenvalue weighted by Crippen LogP contribution is 2.23. The number of carboxylic acids is 1. The van der Waals surface area contributed by atoms with Crippen molar-refractivity contribution in [3.05, 3.63) is 35.4 Å². The van der Waals surface area contributed by atoms with Gasteiger partial charge < -0.3 is 14.9 Å². The van der Waals surface area contributed by atoms with Crippen LogP contribution in [0.4, 0.5) is 0 Å². The molecule has 1 N–H and O–H groups in total. The average Bonchev–Trinajstić information content (AvgIpc) is 3.22. The van der Waals surface area contributed by atoms with Gasteiger partial charge in [-0.05, 0) is 55.7 Å². The molecule has 0 radical (unpaired) electrons. The second-order valence-corrected chi connectivity index (χ2v) is 7.62. The third-order valence-electron chi connectivity index (χ3n) is 5.72. The molecular weight excluding hydrogens is 344 g/mol. The van der Waals surface area contributed by atoms with Crippen LogP contribution in [0, 0.1) is 5.92 Å². The lowest BCUT2D eigenvalue weighted by atomic mass is 9.92. The molecule has 0 unspecified atom stereocenters. The topological polar surface area (TPSA) is 77.9 Å². The number of hydrogen-bond acceptors (Lipinski definition) is 3. The Morgan fingerprint density at radius 1 is 0.889 bits per heavy atom. The van der Waals surface area contributed by atoms with Gasteiger partial charge in [-0.25, -0.2) is 4.79 Å². The highest BCUT2D eigenvalue weighted by atomic mass is 16.4. The van der Waals surface area contributed by atoms with Crippen molar-refractivity contribution >= 4 is 17.8 Å². The molecule has 27 heavy (non-hydrogen) atoms. The van der Waals surface area contributed by atoms with Crippen molar-refractivity contribution < 1.29 is 19.5 Å². The highest BCUT2D eigenvalue weighted by Gasteiger charge is 2.26. The second-order valence-electron chi connectivity index (χ2n) is 7.62. The minimum absolute atomic E-state index is 0.140. The van der Waals surface area contributed by atoms with Crippen LogP contribution in [0.15, 0.2) is 24.3 Å². The van der Waals surface area contributed by atoms with E-state index in [9.17, 15) is 14.4 Å². The number of nitrogens with zero attached hydrogens (tertiary/aromatic N) is 2. The van der Waals surface area contributed by atoms with Gasteiger partial charge in [-0.1, -0.05) is 12.1 Å². The number of aromatic carboxylic acids is 1. The molecule has 0 spiro atoms. The molecule has 2 aliphatic rings. The molecule has 0 bridgehead atoms. The van der Waals surface area contributed by atoms with Crippen molar-refractivity contribution in [1.82, 2.24) is 9.80 Å². The van der Waals surface area contributed by atoms with Crippen LogP contribution in [0.3, 0.4) is 0 Å². The summed E-state index contributed by atoms with van der Waals surface area (Å²) in [6.45, 7) is 3.27. The predicted octanol–water partition coefficient (Wildman–Crippen LogP) is 2.57. The monoisotopic (exact) mass is 372 g/mol. The number of carboxylic acid groups (broad SMARTS) is 1. The third-order valence-corrected chi connectivity index (χ3v) is 5.72. The van der Waals surface area contributed by atoms with Gasteiger partial charge in [-0.2, -0.15) is 0 Å². The molecule has 1 aromatic carbocycles. The fraction of sp³-hybridized carbons (Fsp3) is 0.571. The van der Waals surface area contributed by atoms with E-state index in [0.29, 0.717) is 25.2 Å². The Morgan fingerprint density at radius 2 is 1.48 bits per heavy atom. The van der Waals surface area contributed by atoms with Crippen LogP contribution < -0.4 is 0 Å². The number of piperidine rings is 1. The van der Waals surface area contributed by atoms with Crippen molar-refractivity contribution in [3.63, 3.8) is 0 Å². The lowest BCUT2D eigenvalue weighted by Gasteiger charge is -2.32. The zero-order chi connectivity index (χ0) is 19.2. The van der Waals surface area contributed by atoms with Gasteiger partial charge in [0.2, 0.25) is 11.8 Å². The summed E-state index contributed by atoms with van der Waals surface area (Å²) in [6.07, 6.45) is 5.72. The van der Waals surface area contributed by atoms with E-state index in [4.69, 9.17) is 5.11 Å². The Bertz CT molecular complexity index is 672. The molecule has 2 amide bonds. The molecule has 0 aromatic heterocycles. The number of rotatable bonds is 6. The van der Waals surface area contributed by atoms with E-state index in [0.717, 1.165) is 57.4 Å². The maximum atomic E-state index is 12.4. The Labute approximate surface area is 160 Å². The Morgan fingerprint density at radius 3 is 2.07 bits per heavy atom. The van der Waals surface area contributed by atoms with Crippen LogP contribution in [0.1, 0.15) is 54.4 Å². The Balaban J connectivity index is 1.39. The highest BCUT2D eigenvalue weighted by molar-refractivity contribution is 5.87. The number of carbonyl (C=O) groups is 3. The number of benzene rings is 1. The van der Waals surface area contributed by atoms with Gasteiger partial charge in [-0.15, -0.1) is 0 Å². The van der Waals surface area contributed by atoms with Gasteiger partial charge in [0.1, 0.15) is 0 Å². The van der Waals surface area contributed by atoms with Crippen LogP contribution in [-0.2, 0) is 16.0 Å². The van der Waals surface area contributed by atoms with E-state index < -0.39 is 5.97 Å². The molecular formula is C21H28N2O4. The SMILES string of the molecule is O=C(O)c1ccc(CCC(=O)N2CCC(CC(=O)N3CCCC3)CC2)cc1. The first-order chi connectivity index (χ1) is 13.0. The molecule has 1 aromatic rings. The fourth-order valence-corrected chi connectivity index (χ4v) is 3.95. The minimum Gasteiger partial charge on any atom is -0.478 e. The Hall–Kier alpha value is -2.37. The van der Waals surface area contributed by atoms with Gasteiger partial charge >= 0.3 is 5.97 Å². The Kier molecular flexibility index (Phi) is 6.48. The second kappa shape index (κ2) is 9.02. The average molecular weight is 372 g/mol. The smallest absolute Gasteiger partial charge is 0.335 e. The first-order valence-electron chi connectivity index (χ1n) is 9.90. The summed E-state index contributed by atoms with van der Waals surface area (Å²) in [5, 5.41) is 8.92. The lowest BCUT2D eigenvalue weighted by Crippen LogP contribution is -2.40. The largest absolute Gasteiger partial charge is 0.478 e. The van der Waals surface area contributed by atoms with E-state index in [1.54, 1.807) is 24.3 Å². The van der Waals surface area contributed by atoms with Gasteiger partial charge in [0, 0.05) is 39.0 Å². The number of likely N-dealkylation sites (tertiary alicyclic amines) is 2. The lowest BCUT2D eigenvalue weighted by molar-refractivity contribution is -0.133. The normalized spacial score (nSPS) is 17.9. The number of carbonyl (C=O) groups excluding carboxylic acids is 2. The van der Waals surface area contributed by atoms with Crippen LogP contribution in [0.2, 0.25) is 0 Å². The van der Waals surface area contributed by atoms with Gasteiger partial charge in [-0.3, -0.25) is 9.59 Å². The molecule has 2 heterocycles. The number of hydrogen-bond donors (Lipinski definition) is 1. The quantitative estimate of drug-likeness (QED) is 0.832. The predicted molar refractivity (Wildman–Crippen MR) is 101 cm³/mol. The van der Waals surface area contributed by atoms with Gasteiger partial charge in [0.25, 0.3) is 0 Å². The molecule has 6 nitrogen and oxygen atoms in total. The molecule has 2 aliphatic heterocycles. The summed E-state index contributed by atoms with van der Waals surface area (Å²) in [7, 11) is 0. The van der Waals surface area contributed by atoms with Gasteiger partial charge in [0.05, 0.1) is 5.56 Å². The van der Waals surface area contributed by atoms with Gasteiger partial charge in [0.15, 0.2) is 0 Å². The van der Waals surface area contributed by atoms with Crippen molar-refractivity contribution in [1.29, 1.82) is 0 Å². The van der Waals surface area contributed by atoms with E-state index in [-0.39, 0.29) is 17.4 Å². The zero-order valence-corrected chi connectivity index (χ0v) is 15.7. The molecule has 0 atom stereocenters. The van der Waals surface area contributed by atoms with E-state index in [1.807, 2.05) is 9.80 Å². The van der Waals surface area contributed by atoms with E-state index in [2.05, 4.69) is 0 Å². The summed E-state index contributed by atoms with van der Waals surface area (Å²) in [6, 6.07) is 6.69. The summed E-state index contributed by atoms with van der Waals surface area (Å²) < 4.78 is 0. The third kappa shape index (κ3) is 5.31. The maximum Gasteiger partial charge on any atom is 0.335 e. The first-order valence-corrected chi connectivity index (χ1v) is 9.90. The molecule has 0 saturated carbocycles. The maximum absolute atomic E-state index is 12.4. The van der Waals surface area contributed by atoms with E-state index in [1.165, 1.54) is 0 Å². The first kappa shape index (κ1) is 19.4. The van der Waals surface area contributed by atoms with Crippen LogP contribution >= 0.6 is 0 Å². The van der Waals surface area contributed by atoms with Crippen molar-refractivity contribution in [3.8, 4) is 0 Å². The van der Waals surface area contributed by atoms with Crippen LogP contribution in [0.25, 0.3) is 0 Å². The summed E-state index contributed by atoms with van der Waals surface area (Å²) in [5.74, 6) is -0.127. The number of aryl methyl sites for hydroxylation is 1. The molecule has 0 aliphatic carbocycles. The standard InChI is InChI=1S/C21H28N2O4/c24-19(8-5-16-3-6-18(7-4-16)21(26)27)23-13-9-17(10-14-23)15-20(25)22-11-1-2-12-22/h3-4,6-7,17H,1-2,5,8-15H2,(H,26,27). The van der Waals surface area contributed by atoms with Crippen molar-refractivity contribution in [2.75, 3.05) is 26.2 Å². The van der Waals surface area contributed by atoms with Crippen LogP contribution in [0.5, 0.6) is 0 Å². The minimum atomic E-state index is -0.941. The van der Waals surface area contributed by atoms with E-state index >= 15 is 0 Å². The van der Waals surface area contributed by atoms with Crippen molar-refractivity contribution in [2.24, 2.45) is 5.92 Å². The number of amides is 2. The molecule has 6 heteroatoms. The summed E-state index contributed by atoms with van der Waals surface area (Å²) >= 11 is 0. The molecule has 3 rings (SSSR count). The molecule has 146 valence electrons. The summed E-state index contributed by atoms with van der Waals surface area (Å²) in [4.78, 5) is 39.5. The molecule has 2 fully saturated rings. The fourth-order valence-electron chi connectivity index (χ4n) is 3.95. The molecule has 2 saturated heterocycles. The summed E-state index contributed by atoms with van der Waals surface area (Å²) in [5.41, 5.74) is 1.23. The van der Waals surface area contributed by atoms with Crippen LogP contribution in [-0.4, -0.2) is 58.9 Å². The zero-order valence-electron chi connectivity index (χ0n) is 15.7.